The Hall–Kier alpha value is -1.26. The fourth-order valence-corrected chi connectivity index (χ4v) is 2.20. The molecule has 1 aromatic rings. The van der Waals surface area contributed by atoms with Crippen LogP contribution in [0.4, 0.5) is 0 Å². The van der Waals surface area contributed by atoms with Gasteiger partial charge in [0.2, 0.25) is 0 Å². The van der Waals surface area contributed by atoms with Gasteiger partial charge in [-0.2, -0.15) is 0 Å². The number of aliphatic hydroxyl groups excluding tert-OH is 1. The summed E-state index contributed by atoms with van der Waals surface area (Å²) in [7, 11) is 3.26. The number of benzene rings is 1. The summed E-state index contributed by atoms with van der Waals surface area (Å²) in [6.45, 7) is 1.74. The van der Waals surface area contributed by atoms with Gasteiger partial charge in [0.15, 0.2) is 0 Å². The fourth-order valence-electron chi connectivity index (χ4n) is 2.20. The number of aliphatic hydroxyl groups is 1. The zero-order valence-electron chi connectivity index (χ0n) is 10.9. The number of hydrogen-bond donors (Lipinski definition) is 1. The van der Waals surface area contributed by atoms with E-state index in [0.29, 0.717) is 5.92 Å². The lowest BCUT2D eigenvalue weighted by molar-refractivity contribution is -0.0405. The van der Waals surface area contributed by atoms with Crippen LogP contribution in [-0.2, 0) is 4.74 Å². The van der Waals surface area contributed by atoms with Crippen molar-refractivity contribution < 1.29 is 19.3 Å². The lowest BCUT2D eigenvalue weighted by Crippen LogP contribution is -2.29. The zero-order chi connectivity index (χ0) is 13.0. The van der Waals surface area contributed by atoms with Gasteiger partial charge in [0.05, 0.1) is 27.4 Å². The van der Waals surface area contributed by atoms with Gasteiger partial charge in [-0.15, -0.1) is 0 Å². The van der Waals surface area contributed by atoms with Crippen molar-refractivity contribution in [3.8, 4) is 11.5 Å². The molecule has 100 valence electrons. The second kappa shape index (κ2) is 6.07. The highest BCUT2D eigenvalue weighted by Crippen LogP contribution is 2.32. The topological polar surface area (TPSA) is 47.9 Å². The smallest absolute Gasteiger partial charge is 0.122 e. The maximum atomic E-state index is 9.55. The first-order valence-electron chi connectivity index (χ1n) is 6.18. The Kier molecular flexibility index (Phi) is 4.44. The molecular weight excluding hydrogens is 232 g/mol. The van der Waals surface area contributed by atoms with E-state index < -0.39 is 0 Å². The van der Waals surface area contributed by atoms with Gasteiger partial charge in [0.1, 0.15) is 11.5 Å². The molecule has 1 atom stereocenters. The van der Waals surface area contributed by atoms with Crippen LogP contribution < -0.4 is 9.47 Å². The van der Waals surface area contributed by atoms with Crippen LogP contribution >= 0.6 is 0 Å². The minimum Gasteiger partial charge on any atom is -0.497 e. The summed E-state index contributed by atoms with van der Waals surface area (Å²) in [6, 6.07) is 5.76. The van der Waals surface area contributed by atoms with Gasteiger partial charge in [0.25, 0.3) is 0 Å². The molecule has 1 aromatic carbocycles. The Morgan fingerprint density at radius 2 is 1.83 bits per heavy atom. The minimum atomic E-state index is 0.114. The first-order chi connectivity index (χ1) is 8.76. The first kappa shape index (κ1) is 13.2. The van der Waals surface area contributed by atoms with E-state index in [1.807, 2.05) is 18.2 Å². The Morgan fingerprint density at radius 1 is 1.22 bits per heavy atom. The van der Waals surface area contributed by atoms with Crippen molar-refractivity contribution in [1.29, 1.82) is 0 Å². The van der Waals surface area contributed by atoms with Gasteiger partial charge >= 0.3 is 0 Å². The van der Waals surface area contributed by atoms with E-state index in [1.54, 1.807) is 14.2 Å². The number of hydrogen-bond acceptors (Lipinski definition) is 4. The van der Waals surface area contributed by atoms with Crippen molar-refractivity contribution in [2.24, 2.45) is 5.92 Å². The van der Waals surface area contributed by atoms with Crippen LogP contribution in [0.25, 0.3) is 0 Å². The molecule has 1 aliphatic heterocycles. The molecular formula is C14H20O4. The van der Waals surface area contributed by atoms with Crippen LogP contribution in [0.1, 0.15) is 17.9 Å². The highest BCUT2D eigenvalue weighted by Gasteiger charge is 2.24. The molecule has 1 unspecified atom stereocenters. The van der Waals surface area contributed by atoms with E-state index in [1.165, 1.54) is 0 Å². The minimum absolute atomic E-state index is 0.114. The molecule has 2 rings (SSSR count). The normalized spacial score (nSPS) is 17.1. The van der Waals surface area contributed by atoms with Crippen molar-refractivity contribution in [2.45, 2.75) is 12.3 Å². The summed E-state index contributed by atoms with van der Waals surface area (Å²) < 4.78 is 15.7. The number of methoxy groups -OCH3 is 2. The SMILES string of the molecule is COc1cc(OC)cc(C(CO)CC2COC2)c1. The van der Waals surface area contributed by atoms with Crippen LogP contribution in [0.5, 0.6) is 11.5 Å². The molecule has 4 heteroatoms. The molecule has 0 radical (unpaired) electrons. The zero-order valence-corrected chi connectivity index (χ0v) is 10.9. The molecule has 0 bridgehead atoms. The van der Waals surface area contributed by atoms with Crippen LogP contribution in [0.2, 0.25) is 0 Å². The summed E-state index contributed by atoms with van der Waals surface area (Å²) in [5.74, 6) is 2.18. The summed E-state index contributed by atoms with van der Waals surface area (Å²) >= 11 is 0. The molecule has 0 spiro atoms. The van der Waals surface area contributed by atoms with E-state index in [2.05, 4.69) is 0 Å². The molecule has 0 saturated carbocycles. The number of rotatable bonds is 6. The molecule has 4 nitrogen and oxygen atoms in total. The quantitative estimate of drug-likeness (QED) is 0.839. The Balaban J connectivity index is 2.16. The highest BCUT2D eigenvalue weighted by molar-refractivity contribution is 5.40. The van der Waals surface area contributed by atoms with Crippen LogP contribution in [0, 0.1) is 5.92 Å². The molecule has 1 saturated heterocycles. The van der Waals surface area contributed by atoms with Gasteiger partial charge in [0, 0.05) is 24.5 Å². The van der Waals surface area contributed by atoms with Crippen LogP contribution in [0.15, 0.2) is 18.2 Å². The van der Waals surface area contributed by atoms with E-state index >= 15 is 0 Å². The largest absolute Gasteiger partial charge is 0.497 e. The third kappa shape index (κ3) is 2.94. The maximum Gasteiger partial charge on any atom is 0.122 e. The Morgan fingerprint density at radius 3 is 2.22 bits per heavy atom. The third-order valence-corrected chi connectivity index (χ3v) is 3.39. The molecule has 0 amide bonds. The second-order valence-corrected chi connectivity index (χ2v) is 4.66. The molecule has 1 fully saturated rings. The van der Waals surface area contributed by atoms with Crippen molar-refractivity contribution in [1.82, 2.24) is 0 Å². The molecule has 18 heavy (non-hydrogen) atoms. The van der Waals surface area contributed by atoms with Crippen molar-refractivity contribution in [3.05, 3.63) is 23.8 Å². The maximum absolute atomic E-state index is 9.55. The van der Waals surface area contributed by atoms with E-state index in [-0.39, 0.29) is 12.5 Å². The Bertz CT molecular complexity index is 365. The fraction of sp³-hybridized carbons (Fsp3) is 0.571. The molecule has 1 heterocycles. The van der Waals surface area contributed by atoms with Crippen molar-refractivity contribution in [3.63, 3.8) is 0 Å². The second-order valence-electron chi connectivity index (χ2n) is 4.66. The average Bonchev–Trinajstić information content (AvgIpc) is 2.37. The average molecular weight is 252 g/mol. The molecule has 1 aliphatic rings. The summed E-state index contributed by atoms with van der Waals surface area (Å²) in [5, 5.41) is 9.55. The van der Waals surface area contributed by atoms with Gasteiger partial charge < -0.3 is 19.3 Å². The standard InChI is InChI=1S/C14H20O4/c1-16-13-4-11(5-14(6-13)17-2)12(7-15)3-10-8-18-9-10/h4-6,10,12,15H,3,7-9H2,1-2H3. The van der Waals surface area contributed by atoms with Crippen molar-refractivity contribution >= 4 is 0 Å². The monoisotopic (exact) mass is 252 g/mol. The number of ether oxygens (including phenoxy) is 3. The lowest BCUT2D eigenvalue weighted by Gasteiger charge is -2.29. The van der Waals surface area contributed by atoms with Crippen LogP contribution in [0.3, 0.4) is 0 Å². The molecule has 0 aromatic heterocycles. The van der Waals surface area contributed by atoms with E-state index in [0.717, 1.165) is 36.7 Å². The summed E-state index contributed by atoms with van der Waals surface area (Å²) in [5.41, 5.74) is 1.06. The highest BCUT2D eigenvalue weighted by atomic mass is 16.5. The summed E-state index contributed by atoms with van der Waals surface area (Å²) in [4.78, 5) is 0. The predicted molar refractivity (Wildman–Crippen MR) is 68.3 cm³/mol. The van der Waals surface area contributed by atoms with Crippen LogP contribution in [-0.4, -0.2) is 39.1 Å². The third-order valence-electron chi connectivity index (χ3n) is 3.39. The first-order valence-corrected chi connectivity index (χ1v) is 6.18. The van der Waals surface area contributed by atoms with E-state index in [9.17, 15) is 5.11 Å². The van der Waals surface area contributed by atoms with E-state index in [4.69, 9.17) is 14.2 Å². The summed E-state index contributed by atoms with van der Waals surface area (Å²) in [6.07, 6.45) is 0.937. The lowest BCUT2D eigenvalue weighted by atomic mass is 9.88. The van der Waals surface area contributed by atoms with Gasteiger partial charge in [-0.1, -0.05) is 0 Å². The molecule has 1 N–H and O–H groups in total. The van der Waals surface area contributed by atoms with Gasteiger partial charge in [-0.25, -0.2) is 0 Å². The van der Waals surface area contributed by atoms with Gasteiger partial charge in [-0.05, 0) is 24.1 Å². The Labute approximate surface area is 107 Å². The molecule has 0 aliphatic carbocycles. The van der Waals surface area contributed by atoms with Gasteiger partial charge in [-0.3, -0.25) is 0 Å². The predicted octanol–water partition coefficient (Wildman–Crippen LogP) is 1.82. The van der Waals surface area contributed by atoms with Crippen molar-refractivity contribution in [2.75, 3.05) is 34.0 Å².